The molecular formula is C31H84AcO4P-. The van der Waals surface area contributed by atoms with Gasteiger partial charge in [0.15, 0.2) is 0 Å². The summed E-state index contributed by atoms with van der Waals surface area (Å²) in [5.41, 5.74) is 0. The quantitative estimate of drug-likeness (QED) is 0.199. The predicted octanol–water partition coefficient (Wildman–Crippen LogP) is 12.3. The van der Waals surface area contributed by atoms with Crippen molar-refractivity contribution in [1.29, 1.82) is 0 Å². The predicted molar refractivity (Wildman–Crippen MR) is 177 cm³/mol. The van der Waals surface area contributed by atoms with E-state index >= 15 is 0 Å². The van der Waals surface area contributed by atoms with E-state index in [9.17, 15) is 9.46 Å². The molecule has 0 aliphatic rings. The summed E-state index contributed by atoms with van der Waals surface area (Å²) in [4.78, 5) is 16.7. The van der Waals surface area contributed by atoms with E-state index in [0.29, 0.717) is 0 Å². The van der Waals surface area contributed by atoms with Crippen LogP contribution in [0, 0.1) is 44.1 Å². The van der Waals surface area contributed by atoms with Crippen LogP contribution in [0.4, 0.5) is 0 Å². The van der Waals surface area contributed by atoms with Crippen LogP contribution in [-0.4, -0.2) is 23.8 Å². The fourth-order valence-electron chi connectivity index (χ4n) is 1.21. The molecule has 0 aromatic carbocycles. The Kier molecular flexibility index (Phi) is 304. The number of hydrogen-bond donors (Lipinski definition) is 2. The van der Waals surface area contributed by atoms with Crippen LogP contribution in [0.2, 0.25) is 0 Å². The van der Waals surface area contributed by atoms with Gasteiger partial charge in [-0.2, -0.15) is 0 Å². The molecule has 4 nitrogen and oxygen atoms in total. The average Bonchev–Trinajstić information content (AvgIpc) is 2.91. The van der Waals surface area contributed by atoms with Crippen molar-refractivity contribution in [2.24, 2.45) is 0 Å². The van der Waals surface area contributed by atoms with Gasteiger partial charge in [0.05, 0.1) is 0 Å². The molecule has 0 aromatic rings. The maximum atomic E-state index is 9.22. The average molecular weight is 779 g/mol. The molecule has 0 aliphatic carbocycles. The van der Waals surface area contributed by atoms with Gasteiger partial charge in [0.2, 0.25) is 0 Å². The van der Waals surface area contributed by atoms with Gasteiger partial charge in [-0.1, -0.05) is 195 Å². The zero-order valence-electron chi connectivity index (χ0n) is 30.5. The van der Waals surface area contributed by atoms with Crippen LogP contribution in [0.1, 0.15) is 195 Å². The SMILES string of the molecule is CC.CC.CC.CC.CC.CCC.CCCCC.CCCCC.CCCCCC.CO.CP(=O)([O-])O.[Ac]. The molecule has 2 N–H and O–H groups in total. The van der Waals surface area contributed by atoms with Crippen molar-refractivity contribution in [3.8, 4) is 0 Å². The van der Waals surface area contributed by atoms with E-state index < -0.39 is 7.60 Å². The Hall–Kier alpha value is 1.55. The third kappa shape index (κ3) is 649. The van der Waals surface area contributed by atoms with E-state index in [1.807, 2.05) is 69.2 Å². The van der Waals surface area contributed by atoms with Crippen LogP contribution in [-0.2, 0) is 4.57 Å². The van der Waals surface area contributed by atoms with Crippen molar-refractivity contribution in [3.63, 3.8) is 0 Å². The molecule has 37 heavy (non-hydrogen) atoms. The number of aliphatic hydroxyl groups excluding tert-OH is 1. The maximum absolute atomic E-state index is 9.22. The number of rotatable bonds is 7. The molecule has 0 saturated heterocycles. The smallest absolute Gasteiger partial charge is 0.129 e. The third-order valence-corrected chi connectivity index (χ3v) is 2.37. The summed E-state index contributed by atoms with van der Waals surface area (Å²) in [6.07, 6.45) is 14.9. The molecule has 0 amide bonds. The molecule has 0 spiro atoms. The minimum atomic E-state index is -3.89. The zero-order valence-corrected chi connectivity index (χ0v) is 36.2. The molecule has 6 heteroatoms. The topological polar surface area (TPSA) is 80.6 Å². The van der Waals surface area contributed by atoms with Gasteiger partial charge in [0.25, 0.3) is 0 Å². The van der Waals surface area contributed by atoms with Crippen molar-refractivity contribution in [1.82, 2.24) is 0 Å². The van der Waals surface area contributed by atoms with Crippen molar-refractivity contribution < 1.29 is 63.5 Å². The molecule has 0 heterocycles. The molecule has 0 bridgehead atoms. The molecule has 1 radical (unpaired) electrons. The van der Waals surface area contributed by atoms with E-state index in [1.54, 1.807) is 0 Å². The number of unbranched alkanes of at least 4 members (excludes halogenated alkanes) is 7. The van der Waals surface area contributed by atoms with Gasteiger partial charge in [-0.3, -0.25) is 0 Å². The fourth-order valence-corrected chi connectivity index (χ4v) is 1.21. The number of aliphatic hydroxyl groups is 1. The van der Waals surface area contributed by atoms with E-state index in [0.717, 1.165) is 13.8 Å². The van der Waals surface area contributed by atoms with Crippen LogP contribution in [0.15, 0.2) is 0 Å². The molecule has 0 aliphatic heterocycles. The molecule has 1 unspecified atom stereocenters. The minimum absolute atomic E-state index is 0. The first-order valence-corrected chi connectivity index (χ1v) is 17.6. The maximum Gasteiger partial charge on any atom is 0.129 e. The Bertz CT molecular complexity index is 181. The van der Waals surface area contributed by atoms with E-state index in [-0.39, 0.29) is 44.1 Å². The van der Waals surface area contributed by atoms with Crippen molar-refractivity contribution in [2.45, 2.75) is 195 Å². The second-order valence-corrected chi connectivity index (χ2v) is 7.53. The standard InChI is InChI=1S/C6H14.2C5H12.C3H8.5C2H6.CH5O3P.CH4O.Ac/c1-3-5-6-4-2;2*1-3-5-4-2;1-3-2;5*1-2;1-5(2,3)4;1-2;/h3-6H2,1-2H3;2*3-5H2,1-2H3;3H2,1-2H3;5*1-2H3;1H3,(H2,2,3,4);2H,1H3;/p-1. The van der Waals surface area contributed by atoms with Crippen LogP contribution in [0.3, 0.4) is 0 Å². The summed E-state index contributed by atoms with van der Waals surface area (Å²) in [6, 6.07) is 0. The summed E-state index contributed by atoms with van der Waals surface area (Å²) >= 11 is 0. The molecule has 0 rings (SSSR count). The minimum Gasteiger partial charge on any atom is -0.779 e. The Morgan fingerprint density at radius 1 is 0.486 bits per heavy atom. The van der Waals surface area contributed by atoms with E-state index in [1.165, 1.54) is 70.6 Å². The molecule has 1 atom stereocenters. The second-order valence-electron chi connectivity index (χ2n) is 5.92. The van der Waals surface area contributed by atoms with Crippen LogP contribution >= 0.6 is 7.60 Å². The van der Waals surface area contributed by atoms with Crippen molar-refractivity contribution in [3.05, 3.63) is 0 Å². The van der Waals surface area contributed by atoms with Gasteiger partial charge in [-0.15, -0.1) is 0 Å². The summed E-state index contributed by atoms with van der Waals surface area (Å²) in [5, 5.41) is 7.00. The molecule has 0 saturated carbocycles. The fraction of sp³-hybridized carbons (Fsp3) is 1.00. The third-order valence-electron chi connectivity index (χ3n) is 2.37. The van der Waals surface area contributed by atoms with Crippen LogP contribution in [0.25, 0.3) is 0 Å². The first kappa shape index (κ1) is 77.1. The summed E-state index contributed by atoms with van der Waals surface area (Å²) in [5.74, 6) is 0. The van der Waals surface area contributed by atoms with Crippen LogP contribution < -0.4 is 4.89 Å². The molecule has 241 valence electrons. The summed E-state index contributed by atoms with van der Waals surface area (Å²) < 4.78 is 9.22. The normalized spacial score (nSPS) is 8.08. The van der Waals surface area contributed by atoms with Gasteiger partial charge in [0.1, 0.15) is 7.60 Å². The second kappa shape index (κ2) is 146. The summed E-state index contributed by atoms with van der Waals surface area (Å²) in [6.45, 7) is 38.3. The molecular weight excluding hydrogens is 694 g/mol. The Morgan fingerprint density at radius 3 is 0.595 bits per heavy atom. The first-order chi connectivity index (χ1) is 17.2. The van der Waals surface area contributed by atoms with Gasteiger partial charge in [-0.05, 0) is 0 Å². The van der Waals surface area contributed by atoms with Gasteiger partial charge in [-0.25, -0.2) is 0 Å². The monoisotopic (exact) mass is 779 g/mol. The summed E-state index contributed by atoms with van der Waals surface area (Å²) in [7, 11) is -2.89. The van der Waals surface area contributed by atoms with Crippen LogP contribution in [0.5, 0.6) is 0 Å². The van der Waals surface area contributed by atoms with Gasteiger partial charge in [0, 0.05) is 57.8 Å². The van der Waals surface area contributed by atoms with Crippen molar-refractivity contribution in [2.75, 3.05) is 13.8 Å². The van der Waals surface area contributed by atoms with Gasteiger partial charge < -0.3 is 19.5 Å². The molecule has 0 aromatic heterocycles. The Labute approximate surface area is 278 Å². The Morgan fingerprint density at radius 2 is 0.568 bits per heavy atom. The zero-order chi connectivity index (χ0) is 32.3. The van der Waals surface area contributed by atoms with Gasteiger partial charge >= 0.3 is 0 Å². The first-order valence-electron chi connectivity index (χ1n) is 15.6. The van der Waals surface area contributed by atoms with E-state index in [2.05, 4.69) is 55.4 Å². The largest absolute Gasteiger partial charge is 0.779 e. The Balaban J connectivity index is -0.0000000192. The number of hydrogen-bond acceptors (Lipinski definition) is 3. The van der Waals surface area contributed by atoms with E-state index in [4.69, 9.17) is 10.00 Å². The molecule has 0 fully saturated rings. The van der Waals surface area contributed by atoms with Crippen molar-refractivity contribution >= 4 is 7.60 Å².